The summed E-state index contributed by atoms with van der Waals surface area (Å²) in [5, 5.41) is 6.88. The first kappa shape index (κ1) is 23.6. The Morgan fingerprint density at radius 2 is 1.61 bits per heavy atom. The van der Waals surface area contributed by atoms with Gasteiger partial charge in [-0.25, -0.2) is 9.37 Å². The minimum atomic E-state index is -0.779. The van der Waals surface area contributed by atoms with E-state index in [2.05, 4.69) is 27.3 Å². The number of hydrogen-bond acceptors (Lipinski definition) is 4. The Balaban J connectivity index is 1.45. The monoisotopic (exact) mass is 483 g/mol. The topological polar surface area (TPSA) is 62.2 Å². The van der Waals surface area contributed by atoms with E-state index in [9.17, 15) is 9.18 Å². The molecule has 0 saturated heterocycles. The molecule has 7 heteroatoms. The van der Waals surface area contributed by atoms with Gasteiger partial charge < -0.3 is 20.1 Å². The van der Waals surface area contributed by atoms with Crippen LogP contribution in [0, 0.1) is 12.7 Å². The van der Waals surface area contributed by atoms with Crippen molar-refractivity contribution in [2.45, 2.75) is 39.4 Å². The van der Waals surface area contributed by atoms with Crippen LogP contribution in [0.5, 0.6) is 0 Å². The lowest BCUT2D eigenvalue weighted by Crippen LogP contribution is -2.52. The lowest BCUT2D eigenvalue weighted by atomic mass is 10.0. The number of aromatic nitrogens is 2. The summed E-state index contributed by atoms with van der Waals surface area (Å²) in [6.07, 6.45) is 0. The molecular weight excluding hydrogens is 453 g/mol. The molecule has 6 nitrogen and oxygen atoms in total. The third kappa shape index (κ3) is 4.82. The second-order valence-electron chi connectivity index (χ2n) is 9.72. The number of nitrogens with one attached hydrogen (secondary N) is 2. The maximum atomic E-state index is 13.6. The van der Waals surface area contributed by atoms with Crippen molar-refractivity contribution < 1.29 is 9.18 Å². The molecule has 0 atom stereocenters. The van der Waals surface area contributed by atoms with Crippen molar-refractivity contribution in [3.63, 3.8) is 0 Å². The molecule has 3 aromatic carbocycles. The van der Waals surface area contributed by atoms with Crippen LogP contribution < -0.4 is 10.6 Å². The molecule has 2 heterocycles. The smallest absolute Gasteiger partial charge is 0.248 e. The summed E-state index contributed by atoms with van der Waals surface area (Å²) in [5.41, 5.74) is 3.80. The van der Waals surface area contributed by atoms with Crippen LogP contribution in [0.25, 0.3) is 11.3 Å². The fraction of sp³-hybridized carbons (Fsp3) is 0.241. The molecule has 36 heavy (non-hydrogen) atoms. The number of aryl methyl sites for hydroxylation is 1. The molecule has 0 saturated carbocycles. The van der Waals surface area contributed by atoms with Crippen LogP contribution in [0.3, 0.4) is 0 Å². The predicted octanol–water partition coefficient (Wildman–Crippen LogP) is 5.97. The van der Waals surface area contributed by atoms with Crippen molar-refractivity contribution in [3.8, 4) is 11.3 Å². The molecule has 0 unspecified atom stereocenters. The number of nitrogens with zero attached hydrogens (tertiary/aromatic N) is 3. The SMILES string of the molecule is Cc1ccc(Nc2c(-c3ccc(F)cc3)nc3n2CCN(C(=O)C(C)(C)Nc2ccccc2)C3)cc1. The molecule has 0 radical (unpaired) electrons. The number of carbonyl (C=O) groups excluding carboxylic acids is 1. The minimum Gasteiger partial charge on any atom is -0.372 e. The highest BCUT2D eigenvalue weighted by atomic mass is 19.1. The number of fused-ring (bicyclic) bond motifs is 1. The van der Waals surface area contributed by atoms with Gasteiger partial charge in [-0.2, -0.15) is 0 Å². The summed E-state index contributed by atoms with van der Waals surface area (Å²) < 4.78 is 15.8. The molecule has 184 valence electrons. The highest BCUT2D eigenvalue weighted by Crippen LogP contribution is 2.34. The standard InChI is InChI=1S/C29H30FN5O/c1-20-9-15-23(16-10-20)31-27-26(21-11-13-22(30)14-12-21)32-25-19-34(17-18-35(25)27)28(36)29(2,3)33-24-7-5-4-6-8-24/h4-16,31,33H,17-19H2,1-3H3. The molecule has 0 fully saturated rings. The Bertz CT molecular complexity index is 1360. The van der Waals surface area contributed by atoms with E-state index < -0.39 is 5.54 Å². The van der Waals surface area contributed by atoms with Crippen LogP contribution in [0.1, 0.15) is 25.2 Å². The maximum Gasteiger partial charge on any atom is 0.248 e. The van der Waals surface area contributed by atoms with E-state index in [0.29, 0.717) is 19.6 Å². The van der Waals surface area contributed by atoms with E-state index in [-0.39, 0.29) is 11.7 Å². The fourth-order valence-electron chi connectivity index (χ4n) is 4.55. The van der Waals surface area contributed by atoms with Gasteiger partial charge in [-0.3, -0.25) is 4.79 Å². The third-order valence-corrected chi connectivity index (χ3v) is 6.46. The third-order valence-electron chi connectivity index (χ3n) is 6.46. The van der Waals surface area contributed by atoms with Crippen molar-refractivity contribution in [2.75, 3.05) is 17.2 Å². The summed E-state index contributed by atoms with van der Waals surface area (Å²) in [5.74, 6) is 1.35. The number of para-hydroxylation sites is 1. The van der Waals surface area contributed by atoms with Gasteiger partial charge in [0.15, 0.2) is 0 Å². The number of benzene rings is 3. The number of hydrogen-bond donors (Lipinski definition) is 2. The van der Waals surface area contributed by atoms with Gasteiger partial charge in [0.25, 0.3) is 0 Å². The van der Waals surface area contributed by atoms with E-state index >= 15 is 0 Å². The number of rotatable bonds is 6. The quantitative estimate of drug-likeness (QED) is 0.355. The molecule has 2 N–H and O–H groups in total. The summed E-state index contributed by atoms with van der Waals surface area (Å²) >= 11 is 0. The number of halogens is 1. The van der Waals surface area contributed by atoms with Crippen molar-refractivity contribution in [1.29, 1.82) is 0 Å². The largest absolute Gasteiger partial charge is 0.372 e. The van der Waals surface area contributed by atoms with Gasteiger partial charge >= 0.3 is 0 Å². The molecular formula is C29H30FN5O. The molecule has 0 aliphatic carbocycles. The Morgan fingerprint density at radius 3 is 2.31 bits per heavy atom. The predicted molar refractivity (Wildman–Crippen MR) is 142 cm³/mol. The molecule has 1 aromatic heterocycles. The normalized spacial score (nSPS) is 13.3. The second-order valence-corrected chi connectivity index (χ2v) is 9.72. The summed E-state index contributed by atoms with van der Waals surface area (Å²) in [7, 11) is 0. The maximum absolute atomic E-state index is 13.6. The van der Waals surface area contributed by atoms with Gasteiger partial charge in [0.05, 0.1) is 6.54 Å². The highest BCUT2D eigenvalue weighted by Gasteiger charge is 2.35. The van der Waals surface area contributed by atoms with Crippen LogP contribution in [0.4, 0.5) is 21.6 Å². The highest BCUT2D eigenvalue weighted by molar-refractivity contribution is 5.88. The Kier molecular flexibility index (Phi) is 6.22. The first-order valence-electron chi connectivity index (χ1n) is 12.1. The average molecular weight is 484 g/mol. The fourth-order valence-corrected chi connectivity index (χ4v) is 4.55. The van der Waals surface area contributed by atoms with Crippen LogP contribution >= 0.6 is 0 Å². The minimum absolute atomic E-state index is 0.0111. The first-order valence-corrected chi connectivity index (χ1v) is 12.1. The van der Waals surface area contributed by atoms with Crippen LogP contribution in [-0.4, -0.2) is 32.4 Å². The number of carbonyl (C=O) groups is 1. The molecule has 4 aromatic rings. The summed E-state index contributed by atoms with van der Waals surface area (Å²) in [6.45, 7) is 7.41. The number of amides is 1. The molecule has 0 spiro atoms. The Hall–Kier alpha value is -4.13. The van der Waals surface area contributed by atoms with E-state index in [1.54, 1.807) is 12.1 Å². The van der Waals surface area contributed by atoms with Gasteiger partial charge in [-0.1, -0.05) is 35.9 Å². The van der Waals surface area contributed by atoms with Gasteiger partial charge in [-0.15, -0.1) is 0 Å². The molecule has 5 rings (SSSR count). The molecule has 1 aliphatic heterocycles. The van der Waals surface area contributed by atoms with E-state index in [1.165, 1.54) is 17.7 Å². The van der Waals surface area contributed by atoms with Crippen LogP contribution in [0.15, 0.2) is 78.9 Å². The van der Waals surface area contributed by atoms with Gasteiger partial charge in [-0.05, 0) is 69.3 Å². The second kappa shape index (κ2) is 9.49. The molecule has 1 amide bonds. The van der Waals surface area contributed by atoms with Crippen molar-refractivity contribution in [2.24, 2.45) is 0 Å². The van der Waals surface area contributed by atoms with Crippen molar-refractivity contribution in [1.82, 2.24) is 14.5 Å². The Labute approximate surface area is 210 Å². The van der Waals surface area contributed by atoms with Crippen molar-refractivity contribution in [3.05, 3.63) is 96.1 Å². The van der Waals surface area contributed by atoms with Crippen LogP contribution in [0.2, 0.25) is 0 Å². The van der Waals surface area contributed by atoms with E-state index in [4.69, 9.17) is 4.98 Å². The lowest BCUT2D eigenvalue weighted by molar-refractivity contribution is -0.136. The van der Waals surface area contributed by atoms with Gasteiger partial charge in [0.2, 0.25) is 5.91 Å². The van der Waals surface area contributed by atoms with Gasteiger partial charge in [0.1, 0.15) is 28.7 Å². The van der Waals surface area contributed by atoms with Gasteiger partial charge in [0, 0.05) is 30.0 Å². The van der Waals surface area contributed by atoms with Crippen molar-refractivity contribution >= 4 is 23.1 Å². The number of anilines is 3. The average Bonchev–Trinajstić information content (AvgIpc) is 3.23. The lowest BCUT2D eigenvalue weighted by Gasteiger charge is -2.35. The first-order chi connectivity index (χ1) is 17.3. The Morgan fingerprint density at radius 1 is 0.917 bits per heavy atom. The molecule has 0 bridgehead atoms. The van der Waals surface area contributed by atoms with E-state index in [0.717, 1.165) is 34.3 Å². The zero-order valence-corrected chi connectivity index (χ0v) is 20.8. The van der Waals surface area contributed by atoms with Crippen LogP contribution in [-0.2, 0) is 17.9 Å². The summed E-state index contributed by atoms with van der Waals surface area (Å²) in [4.78, 5) is 20.3. The molecule has 1 aliphatic rings. The number of imidazole rings is 1. The zero-order chi connectivity index (χ0) is 25.3. The summed E-state index contributed by atoms with van der Waals surface area (Å²) in [6, 6.07) is 24.3. The zero-order valence-electron chi connectivity index (χ0n) is 20.8. The van der Waals surface area contributed by atoms with E-state index in [1.807, 2.05) is 68.1 Å².